The number of hydrogen-bond donors (Lipinski definition) is 0. The standard InChI is InChI=1S/C10H30Cl2O7Si7/c1-22(2)14-20(11)13-21(12)15-23(3,4)17-25(7,8)19-26(9,10)18-24(5,6)16-22/h1-10H3. The maximum Gasteiger partial charge on any atom is 0.487 e. The number of halogens is 2. The SMILES string of the molecule is C[Si]1(C)O[Si](Cl)O[Si](Cl)O[Si](C)(C)O[Si](C)(C)O[Si](C)(C)O[Si](C)(C)O1. The first-order valence-electron chi connectivity index (χ1n) is 8.24. The summed E-state index contributed by atoms with van der Waals surface area (Å²) in [6.07, 6.45) is 0. The van der Waals surface area contributed by atoms with Crippen molar-refractivity contribution in [2.24, 2.45) is 0 Å². The van der Waals surface area contributed by atoms with Crippen LogP contribution in [0.2, 0.25) is 65.5 Å². The van der Waals surface area contributed by atoms with Gasteiger partial charge in [-0.2, -0.15) is 0 Å². The third-order valence-corrected chi connectivity index (χ3v) is 27.8. The quantitative estimate of drug-likeness (QED) is 0.346. The second-order valence-electron chi connectivity index (χ2n) is 8.19. The van der Waals surface area contributed by atoms with Crippen molar-refractivity contribution in [3.8, 4) is 0 Å². The lowest BCUT2D eigenvalue weighted by Crippen LogP contribution is -2.60. The number of rotatable bonds is 0. The van der Waals surface area contributed by atoms with E-state index in [1.807, 2.05) is 65.5 Å². The van der Waals surface area contributed by atoms with E-state index >= 15 is 0 Å². The van der Waals surface area contributed by atoms with Crippen LogP contribution in [0.5, 0.6) is 0 Å². The molecule has 7 nitrogen and oxygen atoms in total. The van der Waals surface area contributed by atoms with E-state index in [4.69, 9.17) is 51.0 Å². The summed E-state index contributed by atoms with van der Waals surface area (Å²) in [5.74, 6) is 0. The van der Waals surface area contributed by atoms with E-state index in [0.717, 1.165) is 0 Å². The van der Waals surface area contributed by atoms with E-state index in [2.05, 4.69) is 0 Å². The lowest BCUT2D eigenvalue weighted by atomic mass is 11.9. The van der Waals surface area contributed by atoms with Crippen LogP contribution in [-0.4, -0.2) is 60.0 Å². The van der Waals surface area contributed by atoms with Gasteiger partial charge in [0.05, 0.1) is 0 Å². The predicted octanol–water partition coefficient (Wildman–Crippen LogP) is 4.07. The number of hydrogen-bond acceptors (Lipinski definition) is 7. The molecule has 0 aliphatic carbocycles. The third-order valence-electron chi connectivity index (χ3n) is 2.78. The Labute approximate surface area is 175 Å². The molecule has 26 heavy (non-hydrogen) atoms. The monoisotopic (exact) mass is 528 g/mol. The molecule has 1 aliphatic rings. The smallest absolute Gasteiger partial charge is 0.416 e. The molecule has 1 heterocycles. The van der Waals surface area contributed by atoms with Crippen LogP contribution in [0.25, 0.3) is 0 Å². The summed E-state index contributed by atoms with van der Waals surface area (Å²) in [7, 11) is -16.9. The molecule has 0 spiro atoms. The van der Waals surface area contributed by atoms with Crippen molar-refractivity contribution < 1.29 is 28.8 Å². The average Bonchev–Trinajstić information content (AvgIpc) is 2.15. The molecule has 1 rings (SSSR count). The van der Waals surface area contributed by atoms with E-state index in [1.165, 1.54) is 0 Å². The highest BCUT2D eigenvalue weighted by molar-refractivity contribution is 7.11. The van der Waals surface area contributed by atoms with Crippen LogP contribution in [0.3, 0.4) is 0 Å². The fourth-order valence-electron chi connectivity index (χ4n) is 2.96. The lowest BCUT2D eigenvalue weighted by Gasteiger charge is -2.42. The Morgan fingerprint density at radius 3 is 0.962 bits per heavy atom. The zero-order valence-corrected chi connectivity index (χ0v) is 25.6. The molecular formula is C10H30Cl2O7Si7. The Morgan fingerprint density at radius 2 is 0.692 bits per heavy atom. The van der Waals surface area contributed by atoms with Crippen LogP contribution in [0.4, 0.5) is 0 Å². The lowest BCUT2D eigenvalue weighted by molar-refractivity contribution is 0.258. The van der Waals surface area contributed by atoms with Crippen LogP contribution in [0, 0.1) is 0 Å². The van der Waals surface area contributed by atoms with Gasteiger partial charge in [-0.05, 0) is 65.5 Å². The van der Waals surface area contributed by atoms with Gasteiger partial charge in [-0.15, -0.1) is 0 Å². The molecule has 0 unspecified atom stereocenters. The summed E-state index contributed by atoms with van der Waals surface area (Å²) in [5, 5.41) is 0. The van der Waals surface area contributed by atoms with Gasteiger partial charge < -0.3 is 28.8 Å². The molecule has 1 fully saturated rings. The zero-order chi connectivity index (χ0) is 20.6. The molecule has 0 aromatic rings. The Morgan fingerprint density at radius 1 is 0.462 bits per heavy atom. The largest absolute Gasteiger partial charge is 0.487 e. The first kappa shape index (κ1) is 25.9. The second-order valence-corrected chi connectivity index (χ2v) is 30.7. The fourth-order valence-corrected chi connectivity index (χ4v) is 34.3. The Hall–Kier alpha value is 1.82. The summed E-state index contributed by atoms with van der Waals surface area (Å²) < 4.78 is 42.7. The highest BCUT2D eigenvalue weighted by Gasteiger charge is 2.48. The van der Waals surface area contributed by atoms with Gasteiger partial charge in [-0.3, -0.25) is 0 Å². The maximum atomic E-state index is 6.39. The molecule has 0 N–H and O–H groups in total. The predicted molar refractivity (Wildman–Crippen MR) is 118 cm³/mol. The zero-order valence-electron chi connectivity index (χ0n) is 17.1. The van der Waals surface area contributed by atoms with Gasteiger partial charge in [-0.1, -0.05) is 22.2 Å². The summed E-state index contributed by atoms with van der Waals surface area (Å²) >= 11 is 12.6. The first-order chi connectivity index (χ1) is 11.3. The van der Waals surface area contributed by atoms with Crippen molar-refractivity contribution in [1.29, 1.82) is 0 Å². The molecular weight excluding hydrogens is 500 g/mol. The van der Waals surface area contributed by atoms with Crippen LogP contribution in [0.15, 0.2) is 0 Å². The van der Waals surface area contributed by atoms with Gasteiger partial charge >= 0.3 is 60.0 Å². The minimum atomic E-state index is -2.57. The second kappa shape index (κ2) is 8.90. The van der Waals surface area contributed by atoms with E-state index in [9.17, 15) is 0 Å². The molecule has 1 saturated heterocycles. The summed E-state index contributed by atoms with van der Waals surface area (Å²) in [6, 6.07) is 0. The van der Waals surface area contributed by atoms with Crippen LogP contribution in [-0.2, 0) is 28.8 Å². The highest BCUT2D eigenvalue weighted by Crippen LogP contribution is 2.28. The molecule has 1 aliphatic heterocycles. The molecule has 0 amide bonds. The summed E-state index contributed by atoms with van der Waals surface area (Å²) in [6.45, 7) is 19.7. The van der Waals surface area contributed by atoms with Crippen molar-refractivity contribution in [2.45, 2.75) is 65.5 Å². The van der Waals surface area contributed by atoms with Crippen molar-refractivity contribution in [3.63, 3.8) is 0 Å². The van der Waals surface area contributed by atoms with Crippen molar-refractivity contribution in [3.05, 3.63) is 0 Å². The molecule has 154 valence electrons. The molecule has 2 radical (unpaired) electrons. The average molecular weight is 530 g/mol. The van der Waals surface area contributed by atoms with Gasteiger partial charge in [0.25, 0.3) is 0 Å². The molecule has 0 aromatic carbocycles. The van der Waals surface area contributed by atoms with Crippen molar-refractivity contribution in [1.82, 2.24) is 0 Å². The Kier molecular flexibility index (Phi) is 8.85. The van der Waals surface area contributed by atoms with Gasteiger partial charge in [0, 0.05) is 0 Å². The fraction of sp³-hybridized carbons (Fsp3) is 1.00. The molecule has 0 atom stereocenters. The van der Waals surface area contributed by atoms with Gasteiger partial charge in [-0.25, -0.2) is 0 Å². The summed E-state index contributed by atoms with van der Waals surface area (Å²) in [4.78, 5) is 0. The van der Waals surface area contributed by atoms with Gasteiger partial charge in [0.1, 0.15) is 0 Å². The molecule has 0 bridgehead atoms. The van der Waals surface area contributed by atoms with Gasteiger partial charge in [0.2, 0.25) is 0 Å². The highest BCUT2D eigenvalue weighted by atomic mass is 35.6. The normalized spacial score (nSPS) is 30.5. The van der Waals surface area contributed by atoms with E-state index in [1.54, 1.807) is 0 Å². The van der Waals surface area contributed by atoms with Crippen LogP contribution < -0.4 is 0 Å². The first-order valence-corrected chi connectivity index (χ1v) is 27.0. The molecule has 0 aromatic heterocycles. The summed E-state index contributed by atoms with van der Waals surface area (Å²) in [5.41, 5.74) is 0. The van der Waals surface area contributed by atoms with Crippen LogP contribution >= 0.6 is 22.2 Å². The van der Waals surface area contributed by atoms with E-state index in [0.29, 0.717) is 0 Å². The molecule has 0 saturated carbocycles. The topological polar surface area (TPSA) is 64.6 Å². The van der Waals surface area contributed by atoms with Gasteiger partial charge in [0.15, 0.2) is 0 Å². The minimum absolute atomic E-state index is 1.92. The van der Waals surface area contributed by atoms with Crippen LogP contribution in [0.1, 0.15) is 0 Å². The van der Waals surface area contributed by atoms with E-state index in [-0.39, 0.29) is 0 Å². The Bertz CT molecular complexity index is 454. The minimum Gasteiger partial charge on any atom is -0.416 e. The Balaban J connectivity index is 3.15. The van der Waals surface area contributed by atoms with Crippen molar-refractivity contribution in [2.75, 3.05) is 0 Å². The third kappa shape index (κ3) is 10.0. The van der Waals surface area contributed by atoms with Crippen molar-refractivity contribution >= 4 is 82.1 Å². The molecule has 16 heteroatoms. The van der Waals surface area contributed by atoms with E-state index < -0.39 is 60.0 Å². The maximum absolute atomic E-state index is 6.39.